The molecular weight excluding hydrogens is 635 g/mol. The van der Waals surface area contributed by atoms with Crippen LogP contribution in [0.1, 0.15) is 0 Å². The van der Waals surface area contributed by atoms with Gasteiger partial charge in [0.2, 0.25) is 0 Å². The van der Waals surface area contributed by atoms with Crippen LogP contribution in [0, 0.1) is 0 Å². The van der Waals surface area contributed by atoms with E-state index in [9.17, 15) is 0 Å². The summed E-state index contributed by atoms with van der Waals surface area (Å²) in [5.74, 6) is 1.81. The molecule has 51 heavy (non-hydrogen) atoms. The maximum Gasteiger partial charge on any atom is 0.188 e. The Morgan fingerprint density at radius 3 is 1.25 bits per heavy atom. The Morgan fingerprint density at radius 2 is 0.745 bits per heavy atom. The molecule has 1 heterocycles. The highest BCUT2D eigenvalue weighted by molar-refractivity contribution is 7.20. The number of hydrogen-bond donors (Lipinski definition) is 0. The van der Waals surface area contributed by atoms with E-state index in [1.807, 2.05) is 0 Å². The van der Waals surface area contributed by atoms with E-state index in [1.54, 1.807) is 0 Å². The summed E-state index contributed by atoms with van der Waals surface area (Å²) in [7, 11) is -2.81. The number of nitrogens with zero attached hydrogens (tertiary/aromatic N) is 1. The average molecular weight is 670 g/mol. The fourth-order valence-electron chi connectivity index (χ4n) is 7.68. The molecule has 0 aromatic heterocycles. The van der Waals surface area contributed by atoms with Gasteiger partial charge in [-0.15, -0.1) is 0 Å². The van der Waals surface area contributed by atoms with Gasteiger partial charge >= 0.3 is 0 Å². The van der Waals surface area contributed by atoms with Crippen molar-refractivity contribution in [2.45, 2.75) is 0 Å². The molecule has 8 aromatic carbocycles. The summed E-state index contributed by atoms with van der Waals surface area (Å²) in [6.45, 7) is 0. The molecule has 242 valence electrons. The smallest absolute Gasteiger partial charge is 0.188 e. The van der Waals surface area contributed by atoms with Crippen LogP contribution in [-0.4, -0.2) is 8.07 Å². The molecular formula is C48H35NOSi. The molecule has 0 N–H and O–H groups in total. The van der Waals surface area contributed by atoms with Gasteiger partial charge in [0, 0.05) is 11.4 Å². The first kappa shape index (κ1) is 30.6. The predicted octanol–water partition coefficient (Wildman–Crippen LogP) is 9.97. The first-order chi connectivity index (χ1) is 25.3. The number of anilines is 3. The van der Waals surface area contributed by atoms with Gasteiger partial charge in [-0.1, -0.05) is 176 Å². The second-order valence-electron chi connectivity index (χ2n) is 12.9. The minimum atomic E-state index is -2.81. The molecule has 0 radical (unpaired) electrons. The average Bonchev–Trinajstić information content (AvgIpc) is 3.22. The minimum absolute atomic E-state index is 0.898. The van der Waals surface area contributed by atoms with Gasteiger partial charge in [0.1, 0.15) is 5.75 Å². The molecule has 2 nitrogen and oxygen atoms in total. The summed E-state index contributed by atoms with van der Waals surface area (Å²) in [4.78, 5) is 2.35. The lowest BCUT2D eigenvalue weighted by atomic mass is 10.0. The molecule has 0 spiro atoms. The number of fused-ring (bicyclic) bond motifs is 2. The standard InChI is InChI=1S/C48H35NOSi/c1-5-16-36(17-6-1)38-28-32-40(33-29-38)49(41-34-30-39(31-35-41)37-18-7-2-8-19-37)44-24-15-27-47-48(44)50-45-25-13-14-26-46(45)51(47,42-20-9-3-10-21-42)43-22-11-4-12-23-43/h1-35H. The summed E-state index contributed by atoms with van der Waals surface area (Å²) < 4.78 is 7.11. The summed E-state index contributed by atoms with van der Waals surface area (Å²) >= 11 is 0. The van der Waals surface area contributed by atoms with Crippen molar-refractivity contribution in [1.29, 1.82) is 0 Å². The van der Waals surface area contributed by atoms with Gasteiger partial charge in [-0.3, -0.25) is 0 Å². The molecule has 1 aliphatic heterocycles. The van der Waals surface area contributed by atoms with Crippen LogP contribution in [0.5, 0.6) is 11.5 Å². The molecule has 0 atom stereocenters. The van der Waals surface area contributed by atoms with Gasteiger partial charge in [-0.05, 0) is 79.4 Å². The van der Waals surface area contributed by atoms with Crippen LogP contribution in [0.15, 0.2) is 212 Å². The Bertz CT molecular complexity index is 2290. The van der Waals surface area contributed by atoms with Crippen molar-refractivity contribution in [3.8, 4) is 33.8 Å². The third-order valence-corrected chi connectivity index (χ3v) is 14.8. The van der Waals surface area contributed by atoms with Crippen molar-refractivity contribution >= 4 is 45.9 Å². The highest BCUT2D eigenvalue weighted by atomic mass is 28.3. The maximum absolute atomic E-state index is 7.11. The second kappa shape index (κ2) is 13.1. The molecule has 0 bridgehead atoms. The van der Waals surface area contributed by atoms with Crippen molar-refractivity contribution < 1.29 is 4.74 Å². The van der Waals surface area contributed by atoms with Crippen molar-refractivity contribution in [3.63, 3.8) is 0 Å². The quantitative estimate of drug-likeness (QED) is 0.157. The number of hydrogen-bond acceptors (Lipinski definition) is 2. The van der Waals surface area contributed by atoms with Crippen LogP contribution in [0.3, 0.4) is 0 Å². The van der Waals surface area contributed by atoms with Crippen LogP contribution in [0.4, 0.5) is 17.1 Å². The third kappa shape index (κ3) is 5.36. The van der Waals surface area contributed by atoms with E-state index < -0.39 is 8.07 Å². The van der Waals surface area contributed by atoms with Crippen LogP contribution >= 0.6 is 0 Å². The van der Waals surface area contributed by atoms with Crippen molar-refractivity contribution in [2.75, 3.05) is 4.90 Å². The van der Waals surface area contributed by atoms with E-state index in [0.717, 1.165) is 28.6 Å². The van der Waals surface area contributed by atoms with Gasteiger partial charge < -0.3 is 9.64 Å². The molecule has 0 saturated heterocycles. The van der Waals surface area contributed by atoms with Crippen LogP contribution < -0.4 is 30.4 Å². The molecule has 0 aliphatic carbocycles. The monoisotopic (exact) mass is 669 g/mol. The fourth-order valence-corrected chi connectivity index (χ4v) is 12.7. The van der Waals surface area contributed by atoms with Gasteiger partial charge in [-0.2, -0.15) is 0 Å². The van der Waals surface area contributed by atoms with Gasteiger partial charge in [0.05, 0.1) is 5.69 Å². The van der Waals surface area contributed by atoms with Crippen molar-refractivity contribution in [2.24, 2.45) is 0 Å². The zero-order valence-corrected chi connectivity index (χ0v) is 29.1. The topological polar surface area (TPSA) is 12.5 Å². The number of rotatable bonds is 7. The first-order valence-corrected chi connectivity index (χ1v) is 19.4. The second-order valence-corrected chi connectivity index (χ2v) is 16.6. The SMILES string of the molecule is c1ccc(-c2ccc(N(c3ccc(-c4ccccc4)cc3)c3cccc4c3Oc3ccccc3[Si]4(c3ccccc3)c3ccccc3)cc2)cc1. The highest BCUT2D eigenvalue weighted by Crippen LogP contribution is 2.44. The van der Waals surface area contributed by atoms with Gasteiger partial charge in [0.25, 0.3) is 0 Å². The highest BCUT2D eigenvalue weighted by Gasteiger charge is 2.48. The summed E-state index contributed by atoms with van der Waals surface area (Å²) in [6, 6.07) is 76.4. The lowest BCUT2D eigenvalue weighted by Crippen LogP contribution is -2.76. The fraction of sp³-hybridized carbons (Fsp3) is 0. The van der Waals surface area contributed by atoms with E-state index in [2.05, 4.69) is 217 Å². The zero-order chi connectivity index (χ0) is 34.0. The summed E-state index contributed by atoms with van der Waals surface area (Å²) in [6.07, 6.45) is 0. The number of benzene rings is 8. The minimum Gasteiger partial charge on any atom is -0.455 e. The third-order valence-electron chi connectivity index (χ3n) is 10.0. The normalized spacial score (nSPS) is 12.6. The van der Waals surface area contributed by atoms with E-state index in [0.29, 0.717) is 0 Å². The summed E-state index contributed by atoms with van der Waals surface area (Å²) in [5, 5.41) is 5.16. The molecule has 0 fully saturated rings. The van der Waals surface area contributed by atoms with E-state index in [4.69, 9.17) is 4.74 Å². The predicted molar refractivity (Wildman–Crippen MR) is 216 cm³/mol. The number of para-hydroxylation sites is 2. The van der Waals surface area contributed by atoms with Crippen molar-refractivity contribution in [3.05, 3.63) is 212 Å². The van der Waals surface area contributed by atoms with E-state index in [-0.39, 0.29) is 0 Å². The molecule has 9 rings (SSSR count). The zero-order valence-electron chi connectivity index (χ0n) is 28.1. The van der Waals surface area contributed by atoms with Gasteiger partial charge in [-0.25, -0.2) is 0 Å². The van der Waals surface area contributed by atoms with Gasteiger partial charge in [0.15, 0.2) is 13.8 Å². The largest absolute Gasteiger partial charge is 0.455 e. The Labute approximate surface area is 300 Å². The molecule has 0 unspecified atom stereocenters. The summed E-state index contributed by atoms with van der Waals surface area (Å²) in [5.41, 5.74) is 7.87. The van der Waals surface area contributed by atoms with E-state index >= 15 is 0 Å². The Balaban J connectivity index is 1.28. The lowest BCUT2D eigenvalue weighted by Gasteiger charge is -2.41. The maximum atomic E-state index is 7.11. The first-order valence-electron chi connectivity index (χ1n) is 17.4. The van der Waals surface area contributed by atoms with E-state index in [1.165, 1.54) is 43.0 Å². The molecule has 0 amide bonds. The lowest BCUT2D eigenvalue weighted by molar-refractivity contribution is 0.488. The molecule has 8 aromatic rings. The molecule has 3 heteroatoms. The Hall–Kier alpha value is -6.42. The van der Waals surface area contributed by atoms with Crippen LogP contribution in [-0.2, 0) is 0 Å². The Morgan fingerprint density at radius 1 is 0.333 bits per heavy atom. The molecule has 1 aliphatic rings. The Kier molecular flexibility index (Phi) is 7.88. The number of ether oxygens (including phenoxy) is 1. The van der Waals surface area contributed by atoms with Crippen LogP contribution in [0.2, 0.25) is 0 Å². The van der Waals surface area contributed by atoms with Crippen LogP contribution in [0.25, 0.3) is 22.3 Å². The molecule has 0 saturated carbocycles. The van der Waals surface area contributed by atoms with Crippen molar-refractivity contribution in [1.82, 2.24) is 0 Å².